The van der Waals surface area contributed by atoms with Gasteiger partial charge >= 0.3 is 5.97 Å². The standard InChI is InChI=1S/C23H28N2O5S/c1-17-9-6-7-14-21(17)24-22(26)16-30-23(27)18-10-8-13-20(15-18)31(28,29)25(2)19-11-4-3-5-12-19/h3-5,8,10-13,15,17,21H,6-7,9,14,16H2,1-2H3,(H,24,26)/t17-,21+/m1/s1. The largest absolute Gasteiger partial charge is 0.452 e. The fourth-order valence-electron chi connectivity index (χ4n) is 3.71. The third-order valence-corrected chi connectivity index (χ3v) is 7.42. The summed E-state index contributed by atoms with van der Waals surface area (Å²) in [7, 11) is -2.41. The van der Waals surface area contributed by atoms with Crippen LogP contribution in [0.4, 0.5) is 5.69 Å². The predicted octanol–water partition coefficient (Wildman–Crippen LogP) is 3.36. The third-order valence-electron chi connectivity index (χ3n) is 5.64. The molecule has 0 radical (unpaired) electrons. The van der Waals surface area contributed by atoms with Crippen molar-refractivity contribution in [3.8, 4) is 0 Å². The van der Waals surface area contributed by atoms with Gasteiger partial charge in [0.25, 0.3) is 15.9 Å². The number of benzene rings is 2. The van der Waals surface area contributed by atoms with Gasteiger partial charge in [-0.1, -0.05) is 44.0 Å². The first-order valence-electron chi connectivity index (χ1n) is 10.4. The first-order valence-corrected chi connectivity index (χ1v) is 11.8. The average Bonchev–Trinajstić information content (AvgIpc) is 2.79. The van der Waals surface area contributed by atoms with Crippen LogP contribution < -0.4 is 9.62 Å². The van der Waals surface area contributed by atoms with Gasteiger partial charge in [0.05, 0.1) is 16.1 Å². The molecule has 8 heteroatoms. The number of esters is 1. The minimum Gasteiger partial charge on any atom is -0.452 e. The molecule has 1 amide bonds. The molecule has 7 nitrogen and oxygen atoms in total. The fraction of sp³-hybridized carbons (Fsp3) is 0.391. The van der Waals surface area contributed by atoms with Crippen LogP contribution in [0.15, 0.2) is 59.5 Å². The summed E-state index contributed by atoms with van der Waals surface area (Å²) in [5.41, 5.74) is 0.575. The molecular formula is C23H28N2O5S. The van der Waals surface area contributed by atoms with Gasteiger partial charge in [-0.15, -0.1) is 0 Å². The molecule has 0 saturated heterocycles. The van der Waals surface area contributed by atoms with Crippen LogP contribution in [0, 0.1) is 5.92 Å². The first-order chi connectivity index (χ1) is 14.8. The summed E-state index contributed by atoms with van der Waals surface area (Å²) in [4.78, 5) is 24.6. The van der Waals surface area contributed by atoms with E-state index in [1.807, 2.05) is 0 Å². The van der Waals surface area contributed by atoms with E-state index in [4.69, 9.17) is 4.74 Å². The van der Waals surface area contributed by atoms with Gasteiger partial charge in [-0.05, 0) is 49.1 Å². The van der Waals surface area contributed by atoms with Crippen molar-refractivity contribution in [3.05, 3.63) is 60.2 Å². The molecule has 0 spiro atoms. The van der Waals surface area contributed by atoms with Gasteiger partial charge in [0, 0.05) is 13.1 Å². The SMILES string of the molecule is C[C@@H]1CCCC[C@@H]1NC(=O)COC(=O)c1cccc(S(=O)(=O)N(C)c2ccccc2)c1. The Morgan fingerprint density at radius 3 is 2.48 bits per heavy atom. The van der Waals surface area contributed by atoms with Crippen LogP contribution in [0.25, 0.3) is 0 Å². The number of carbonyl (C=O) groups is 2. The zero-order valence-electron chi connectivity index (χ0n) is 17.8. The van der Waals surface area contributed by atoms with Crippen LogP contribution in [-0.2, 0) is 19.6 Å². The maximum Gasteiger partial charge on any atom is 0.338 e. The molecule has 0 bridgehead atoms. The number of nitrogens with one attached hydrogen (secondary N) is 1. The number of ether oxygens (including phenoxy) is 1. The molecule has 2 aromatic carbocycles. The van der Waals surface area contributed by atoms with E-state index in [1.54, 1.807) is 30.3 Å². The zero-order chi connectivity index (χ0) is 22.4. The maximum absolute atomic E-state index is 12.9. The number of para-hydroxylation sites is 1. The van der Waals surface area contributed by atoms with Crippen molar-refractivity contribution in [2.75, 3.05) is 18.0 Å². The number of hydrogen-bond donors (Lipinski definition) is 1. The molecule has 0 unspecified atom stereocenters. The van der Waals surface area contributed by atoms with E-state index < -0.39 is 22.6 Å². The molecular weight excluding hydrogens is 416 g/mol. The highest BCUT2D eigenvalue weighted by Gasteiger charge is 2.24. The molecule has 1 saturated carbocycles. The summed E-state index contributed by atoms with van der Waals surface area (Å²) in [6, 6.07) is 14.4. The summed E-state index contributed by atoms with van der Waals surface area (Å²) in [6.07, 6.45) is 4.24. The van der Waals surface area contributed by atoms with Crippen molar-refractivity contribution >= 4 is 27.6 Å². The molecule has 166 valence electrons. The predicted molar refractivity (Wildman–Crippen MR) is 118 cm³/mol. The summed E-state index contributed by atoms with van der Waals surface area (Å²) in [6.45, 7) is 1.71. The second kappa shape index (κ2) is 9.96. The minimum absolute atomic E-state index is 0.0335. The Balaban J connectivity index is 1.64. The summed E-state index contributed by atoms with van der Waals surface area (Å²) in [5, 5.41) is 2.93. The van der Waals surface area contributed by atoms with Crippen LogP contribution in [-0.4, -0.2) is 40.0 Å². The molecule has 31 heavy (non-hydrogen) atoms. The molecule has 0 aliphatic heterocycles. The topological polar surface area (TPSA) is 92.8 Å². The number of hydrogen-bond acceptors (Lipinski definition) is 5. The van der Waals surface area contributed by atoms with Gasteiger partial charge < -0.3 is 10.1 Å². The van der Waals surface area contributed by atoms with Gasteiger partial charge in [-0.3, -0.25) is 9.10 Å². The van der Waals surface area contributed by atoms with Gasteiger partial charge in [0.1, 0.15) is 0 Å². The molecule has 3 rings (SSSR count). The van der Waals surface area contributed by atoms with E-state index in [2.05, 4.69) is 12.2 Å². The highest BCUT2D eigenvalue weighted by Crippen LogP contribution is 2.24. The average molecular weight is 445 g/mol. The molecule has 1 aliphatic rings. The highest BCUT2D eigenvalue weighted by atomic mass is 32.2. The lowest BCUT2D eigenvalue weighted by Gasteiger charge is -2.29. The first kappa shape index (κ1) is 22.8. The van der Waals surface area contributed by atoms with Crippen LogP contribution in [0.2, 0.25) is 0 Å². The lowest BCUT2D eigenvalue weighted by Crippen LogP contribution is -2.42. The van der Waals surface area contributed by atoms with Crippen molar-refractivity contribution < 1.29 is 22.7 Å². The Kier molecular flexibility index (Phi) is 7.33. The van der Waals surface area contributed by atoms with E-state index in [0.29, 0.717) is 11.6 Å². The van der Waals surface area contributed by atoms with Crippen LogP contribution in [0.3, 0.4) is 0 Å². The molecule has 2 atom stereocenters. The summed E-state index contributed by atoms with van der Waals surface area (Å²) in [5.74, 6) is -0.692. The number of nitrogens with zero attached hydrogens (tertiary/aromatic N) is 1. The molecule has 0 aromatic heterocycles. The van der Waals surface area contributed by atoms with Crippen LogP contribution in [0.1, 0.15) is 43.0 Å². The van der Waals surface area contributed by atoms with Crippen molar-refractivity contribution in [1.29, 1.82) is 0 Å². The van der Waals surface area contributed by atoms with Gasteiger partial charge in [0.15, 0.2) is 6.61 Å². The van der Waals surface area contributed by atoms with Crippen molar-refractivity contribution in [2.45, 2.75) is 43.5 Å². The van der Waals surface area contributed by atoms with Crippen molar-refractivity contribution in [1.82, 2.24) is 5.32 Å². The minimum atomic E-state index is -3.86. The number of carbonyl (C=O) groups excluding carboxylic acids is 2. The quantitative estimate of drug-likeness (QED) is 0.661. The van der Waals surface area contributed by atoms with E-state index in [9.17, 15) is 18.0 Å². The fourth-order valence-corrected chi connectivity index (χ4v) is 4.95. The van der Waals surface area contributed by atoms with Crippen LogP contribution in [0.5, 0.6) is 0 Å². The molecule has 2 aromatic rings. The van der Waals surface area contributed by atoms with E-state index in [-0.39, 0.29) is 22.4 Å². The molecule has 1 N–H and O–H groups in total. The van der Waals surface area contributed by atoms with Gasteiger partial charge in [-0.25, -0.2) is 13.2 Å². The van der Waals surface area contributed by atoms with E-state index in [1.165, 1.54) is 37.7 Å². The number of anilines is 1. The molecule has 1 aliphatic carbocycles. The highest BCUT2D eigenvalue weighted by molar-refractivity contribution is 7.92. The Hall–Kier alpha value is -2.87. The zero-order valence-corrected chi connectivity index (χ0v) is 18.6. The Morgan fingerprint density at radius 1 is 1.06 bits per heavy atom. The second-order valence-electron chi connectivity index (χ2n) is 7.85. The number of amides is 1. The Labute approximate surface area is 183 Å². The van der Waals surface area contributed by atoms with Gasteiger partial charge in [-0.2, -0.15) is 0 Å². The summed E-state index contributed by atoms with van der Waals surface area (Å²) < 4.78 is 32.1. The Morgan fingerprint density at radius 2 is 1.77 bits per heavy atom. The van der Waals surface area contributed by atoms with E-state index >= 15 is 0 Å². The maximum atomic E-state index is 12.9. The van der Waals surface area contributed by atoms with Crippen molar-refractivity contribution in [3.63, 3.8) is 0 Å². The number of rotatable bonds is 7. The normalized spacial score (nSPS) is 18.8. The van der Waals surface area contributed by atoms with E-state index in [0.717, 1.165) is 23.6 Å². The molecule has 1 fully saturated rings. The lowest BCUT2D eigenvalue weighted by atomic mass is 9.86. The monoisotopic (exact) mass is 444 g/mol. The molecule has 0 heterocycles. The second-order valence-corrected chi connectivity index (χ2v) is 9.82. The smallest absolute Gasteiger partial charge is 0.338 e. The van der Waals surface area contributed by atoms with Crippen molar-refractivity contribution in [2.24, 2.45) is 5.92 Å². The number of sulfonamides is 1. The lowest BCUT2D eigenvalue weighted by molar-refractivity contribution is -0.125. The van der Waals surface area contributed by atoms with Crippen LogP contribution >= 0.6 is 0 Å². The van der Waals surface area contributed by atoms with Gasteiger partial charge in [0.2, 0.25) is 0 Å². The third kappa shape index (κ3) is 5.64. The Bertz CT molecular complexity index is 1020. The summed E-state index contributed by atoms with van der Waals surface area (Å²) >= 11 is 0.